The fourth-order valence-corrected chi connectivity index (χ4v) is 2.41. The molecule has 3 rings (SSSR count). The van der Waals surface area contributed by atoms with Gasteiger partial charge in [0.2, 0.25) is 0 Å². The maximum Gasteiger partial charge on any atom is 0.175 e. The van der Waals surface area contributed by atoms with Crippen LogP contribution in [0, 0.1) is 6.92 Å². The van der Waals surface area contributed by atoms with E-state index in [0.717, 1.165) is 30.4 Å². The van der Waals surface area contributed by atoms with Crippen LogP contribution in [0.4, 0.5) is 11.6 Å². The molecule has 1 unspecified atom stereocenters. The van der Waals surface area contributed by atoms with Gasteiger partial charge in [0.15, 0.2) is 5.82 Å². The van der Waals surface area contributed by atoms with Crippen LogP contribution in [0.25, 0.3) is 0 Å². The van der Waals surface area contributed by atoms with Gasteiger partial charge in [-0.1, -0.05) is 11.2 Å². The Bertz CT molecular complexity index is 546. The molecule has 1 aliphatic rings. The molecule has 0 amide bonds. The molecule has 2 N–H and O–H groups in total. The monoisotopic (exact) mass is 258 g/mol. The van der Waals surface area contributed by atoms with Crippen molar-refractivity contribution in [3.63, 3.8) is 0 Å². The summed E-state index contributed by atoms with van der Waals surface area (Å²) in [5.41, 5.74) is 1.14. The zero-order valence-corrected chi connectivity index (χ0v) is 11.0. The van der Waals surface area contributed by atoms with Crippen LogP contribution in [0.5, 0.6) is 0 Å². The van der Waals surface area contributed by atoms with E-state index in [1.165, 1.54) is 12.8 Å². The molecule has 0 radical (unpaired) electrons. The molecule has 5 nitrogen and oxygen atoms in total. The topological polar surface area (TPSA) is 63.0 Å². The van der Waals surface area contributed by atoms with E-state index in [-0.39, 0.29) is 0 Å². The van der Waals surface area contributed by atoms with Gasteiger partial charge in [0.05, 0.1) is 0 Å². The van der Waals surface area contributed by atoms with Gasteiger partial charge in [0.25, 0.3) is 0 Å². The Morgan fingerprint density at radius 1 is 1.37 bits per heavy atom. The number of hydrogen-bond donors (Lipinski definition) is 2. The van der Waals surface area contributed by atoms with Gasteiger partial charge < -0.3 is 15.2 Å². The van der Waals surface area contributed by atoms with Crippen molar-refractivity contribution in [1.82, 2.24) is 15.5 Å². The average molecular weight is 258 g/mol. The van der Waals surface area contributed by atoms with Gasteiger partial charge in [0, 0.05) is 24.2 Å². The summed E-state index contributed by atoms with van der Waals surface area (Å²) in [5, 5.41) is 10.5. The summed E-state index contributed by atoms with van der Waals surface area (Å²) in [5.74, 6) is 2.81. The number of hydrogen-bond acceptors (Lipinski definition) is 5. The second kappa shape index (κ2) is 5.40. The summed E-state index contributed by atoms with van der Waals surface area (Å²) in [4.78, 5) is 4.67. The molecule has 2 aromatic heterocycles. The Hall–Kier alpha value is -1.88. The zero-order valence-electron chi connectivity index (χ0n) is 11.0. The summed E-state index contributed by atoms with van der Waals surface area (Å²) < 4.78 is 5.03. The first-order valence-electron chi connectivity index (χ1n) is 6.69. The smallest absolute Gasteiger partial charge is 0.175 e. The molecule has 3 heterocycles. The Morgan fingerprint density at radius 2 is 2.32 bits per heavy atom. The lowest BCUT2D eigenvalue weighted by Crippen LogP contribution is -2.28. The number of rotatable bonds is 3. The van der Waals surface area contributed by atoms with Crippen LogP contribution in [0.2, 0.25) is 0 Å². The van der Waals surface area contributed by atoms with E-state index >= 15 is 0 Å². The highest BCUT2D eigenvalue weighted by Gasteiger charge is 2.16. The predicted molar refractivity (Wildman–Crippen MR) is 73.6 cm³/mol. The SMILES string of the molecule is Cc1cc(Nc2cccc(C3CCCNC3)n2)no1. The Balaban J connectivity index is 1.75. The minimum absolute atomic E-state index is 0.509. The fourth-order valence-electron chi connectivity index (χ4n) is 2.41. The molecule has 5 heteroatoms. The number of nitrogens with zero attached hydrogens (tertiary/aromatic N) is 2. The molecule has 1 aliphatic heterocycles. The van der Waals surface area contributed by atoms with E-state index < -0.39 is 0 Å². The van der Waals surface area contributed by atoms with Gasteiger partial charge in [-0.25, -0.2) is 4.98 Å². The summed E-state index contributed by atoms with van der Waals surface area (Å²) in [6.45, 7) is 4.00. The highest BCUT2D eigenvalue weighted by molar-refractivity contribution is 5.51. The van der Waals surface area contributed by atoms with E-state index in [9.17, 15) is 0 Å². The Morgan fingerprint density at radius 3 is 3.05 bits per heavy atom. The summed E-state index contributed by atoms with van der Waals surface area (Å²) in [6.07, 6.45) is 2.42. The van der Waals surface area contributed by atoms with Gasteiger partial charge in [-0.3, -0.25) is 0 Å². The maximum absolute atomic E-state index is 5.03. The van der Waals surface area contributed by atoms with Crippen molar-refractivity contribution in [3.8, 4) is 0 Å². The average Bonchev–Trinajstić information content (AvgIpc) is 2.85. The highest BCUT2D eigenvalue weighted by Crippen LogP contribution is 2.23. The first kappa shape index (κ1) is 12.2. The largest absolute Gasteiger partial charge is 0.360 e. The summed E-state index contributed by atoms with van der Waals surface area (Å²) in [7, 11) is 0. The van der Waals surface area contributed by atoms with Crippen molar-refractivity contribution in [3.05, 3.63) is 35.7 Å². The molecular weight excluding hydrogens is 240 g/mol. The van der Waals surface area contributed by atoms with Gasteiger partial charge in [-0.05, 0) is 38.4 Å². The molecule has 0 aromatic carbocycles. The number of pyridine rings is 1. The van der Waals surface area contributed by atoms with Crippen molar-refractivity contribution < 1.29 is 4.52 Å². The molecule has 1 saturated heterocycles. The van der Waals surface area contributed by atoms with E-state index in [4.69, 9.17) is 4.52 Å². The Labute approximate surface area is 112 Å². The van der Waals surface area contributed by atoms with Gasteiger partial charge >= 0.3 is 0 Å². The van der Waals surface area contributed by atoms with Crippen molar-refractivity contribution in [2.75, 3.05) is 18.4 Å². The number of anilines is 2. The van der Waals surface area contributed by atoms with Crippen molar-refractivity contribution >= 4 is 11.6 Å². The van der Waals surface area contributed by atoms with E-state index in [0.29, 0.717) is 11.7 Å². The van der Waals surface area contributed by atoms with E-state index in [1.54, 1.807) is 0 Å². The molecule has 0 bridgehead atoms. The molecule has 0 aliphatic carbocycles. The van der Waals surface area contributed by atoms with Crippen molar-refractivity contribution in [2.24, 2.45) is 0 Å². The third-order valence-electron chi connectivity index (χ3n) is 3.37. The first-order chi connectivity index (χ1) is 9.31. The minimum Gasteiger partial charge on any atom is -0.360 e. The summed E-state index contributed by atoms with van der Waals surface area (Å²) >= 11 is 0. The van der Waals surface area contributed by atoms with Gasteiger partial charge in [-0.2, -0.15) is 0 Å². The number of piperidine rings is 1. The van der Waals surface area contributed by atoms with Crippen LogP contribution in [0.1, 0.15) is 30.2 Å². The van der Waals surface area contributed by atoms with E-state index in [2.05, 4.69) is 26.8 Å². The van der Waals surface area contributed by atoms with Crippen molar-refractivity contribution in [1.29, 1.82) is 0 Å². The van der Waals surface area contributed by atoms with Crippen molar-refractivity contribution in [2.45, 2.75) is 25.7 Å². The lowest BCUT2D eigenvalue weighted by atomic mass is 9.96. The Kier molecular flexibility index (Phi) is 3.46. The van der Waals surface area contributed by atoms with Crippen LogP contribution < -0.4 is 10.6 Å². The third kappa shape index (κ3) is 2.93. The molecule has 0 spiro atoms. The first-order valence-corrected chi connectivity index (χ1v) is 6.69. The number of nitrogens with one attached hydrogen (secondary N) is 2. The normalized spacial score (nSPS) is 19.3. The quantitative estimate of drug-likeness (QED) is 0.886. The number of aromatic nitrogens is 2. The van der Waals surface area contributed by atoms with Crippen LogP contribution in [0.3, 0.4) is 0 Å². The second-order valence-electron chi connectivity index (χ2n) is 4.94. The predicted octanol–water partition coefficient (Wildman–Crippen LogP) is 2.59. The molecule has 19 heavy (non-hydrogen) atoms. The lowest BCUT2D eigenvalue weighted by Gasteiger charge is -2.22. The van der Waals surface area contributed by atoms with E-state index in [1.807, 2.05) is 25.1 Å². The summed E-state index contributed by atoms with van der Waals surface area (Å²) in [6, 6.07) is 7.93. The van der Waals surface area contributed by atoms with Crippen LogP contribution >= 0.6 is 0 Å². The fraction of sp³-hybridized carbons (Fsp3) is 0.429. The highest BCUT2D eigenvalue weighted by atomic mass is 16.5. The van der Waals surface area contributed by atoms with Crippen LogP contribution in [0.15, 0.2) is 28.8 Å². The van der Waals surface area contributed by atoms with Crippen LogP contribution in [-0.2, 0) is 0 Å². The minimum atomic E-state index is 0.509. The number of aryl methyl sites for hydroxylation is 1. The maximum atomic E-state index is 5.03. The molecule has 0 saturated carbocycles. The lowest BCUT2D eigenvalue weighted by molar-refractivity contribution is 0.400. The van der Waals surface area contributed by atoms with Gasteiger partial charge in [-0.15, -0.1) is 0 Å². The second-order valence-corrected chi connectivity index (χ2v) is 4.94. The van der Waals surface area contributed by atoms with Gasteiger partial charge in [0.1, 0.15) is 11.6 Å². The molecule has 100 valence electrons. The zero-order chi connectivity index (χ0) is 13.1. The molecule has 1 atom stereocenters. The molecular formula is C14H18N4O. The van der Waals surface area contributed by atoms with Crippen LogP contribution in [-0.4, -0.2) is 23.2 Å². The molecule has 2 aromatic rings. The third-order valence-corrected chi connectivity index (χ3v) is 3.37. The molecule has 1 fully saturated rings. The standard InChI is InChI=1S/C14H18N4O/c1-10-8-14(18-19-10)17-13-6-2-5-12(16-13)11-4-3-7-15-9-11/h2,5-6,8,11,15H,3-4,7,9H2,1H3,(H,16,17,18).